The van der Waals surface area contributed by atoms with Gasteiger partial charge in [-0.2, -0.15) is 0 Å². The summed E-state index contributed by atoms with van der Waals surface area (Å²) in [5.41, 5.74) is 13.3. The number of phenolic OH excluding ortho intramolecular Hbond substituents is 1. The number of carbonyl (C=O) groups is 2. The van der Waals surface area contributed by atoms with Crippen LogP contribution in [0.15, 0.2) is 89.9 Å². The van der Waals surface area contributed by atoms with E-state index in [0.717, 1.165) is 16.7 Å². The molecule has 9 heteroatoms. The Morgan fingerprint density at radius 1 is 0.811 bits per heavy atom. The van der Waals surface area contributed by atoms with Crippen molar-refractivity contribution in [3.05, 3.63) is 102 Å². The lowest BCUT2D eigenvalue weighted by Gasteiger charge is -2.24. The van der Waals surface area contributed by atoms with Gasteiger partial charge in [0.2, 0.25) is 11.8 Å². The van der Waals surface area contributed by atoms with Crippen molar-refractivity contribution in [3.63, 3.8) is 0 Å². The van der Waals surface area contributed by atoms with Gasteiger partial charge in [0.15, 0.2) is 5.96 Å². The fourth-order valence-corrected chi connectivity index (χ4v) is 3.97. The number of nitrogens with two attached hydrogens (primary N) is 2. The highest BCUT2D eigenvalue weighted by atomic mass is 35.5. The molecule has 0 aliphatic carbocycles. The summed E-state index contributed by atoms with van der Waals surface area (Å²) in [5, 5.41) is 15.5. The number of nitrogens with zero attached hydrogens (tertiary/aromatic N) is 1. The molecule has 3 rings (SSSR count). The average molecular weight is 524 g/mol. The molecule has 0 aliphatic heterocycles. The maximum absolute atomic E-state index is 13.6. The molecule has 2 atom stereocenters. The fourth-order valence-electron chi connectivity index (χ4n) is 3.97. The van der Waals surface area contributed by atoms with Gasteiger partial charge in [-0.15, -0.1) is 12.4 Å². The number of hydrogen-bond donors (Lipinski definition) is 5. The van der Waals surface area contributed by atoms with Gasteiger partial charge in [-0.25, -0.2) is 0 Å². The Morgan fingerprint density at radius 2 is 1.35 bits per heavy atom. The van der Waals surface area contributed by atoms with Gasteiger partial charge in [-0.05, 0) is 48.6 Å². The molecule has 3 aromatic rings. The van der Waals surface area contributed by atoms with Crippen molar-refractivity contribution in [2.75, 3.05) is 6.54 Å². The number of phenols is 1. The Bertz CT molecular complexity index is 1110. The van der Waals surface area contributed by atoms with E-state index in [0.29, 0.717) is 19.4 Å². The van der Waals surface area contributed by atoms with E-state index in [1.54, 1.807) is 24.3 Å². The Kier molecular flexibility index (Phi) is 11.4. The number of aliphatic imine (C=N–C) groups is 1. The second-order valence-corrected chi connectivity index (χ2v) is 8.59. The van der Waals surface area contributed by atoms with Gasteiger partial charge >= 0.3 is 0 Å². The first-order chi connectivity index (χ1) is 17.3. The van der Waals surface area contributed by atoms with Gasteiger partial charge in [0.1, 0.15) is 11.8 Å². The number of benzene rings is 3. The Morgan fingerprint density at radius 3 is 1.86 bits per heavy atom. The van der Waals surface area contributed by atoms with Crippen molar-refractivity contribution in [3.8, 4) is 5.75 Å². The molecule has 0 saturated carbocycles. The van der Waals surface area contributed by atoms with Crippen LogP contribution in [0.5, 0.6) is 5.75 Å². The maximum Gasteiger partial charge on any atom is 0.243 e. The number of nitrogens with one attached hydrogen (secondary N) is 2. The number of carbonyl (C=O) groups excluding carboxylic acids is 2. The van der Waals surface area contributed by atoms with E-state index >= 15 is 0 Å². The minimum Gasteiger partial charge on any atom is -0.508 e. The molecule has 0 heterocycles. The zero-order chi connectivity index (χ0) is 25.9. The van der Waals surface area contributed by atoms with Crippen LogP contribution in [0.2, 0.25) is 0 Å². The van der Waals surface area contributed by atoms with E-state index in [4.69, 9.17) is 11.5 Å². The summed E-state index contributed by atoms with van der Waals surface area (Å²) in [6.45, 7) is 2.19. The summed E-state index contributed by atoms with van der Waals surface area (Å²) in [7, 11) is 0. The molecule has 7 N–H and O–H groups in total. The molecule has 3 aromatic carbocycles. The summed E-state index contributed by atoms with van der Waals surface area (Å²) < 4.78 is 0. The molecular weight excluding hydrogens is 490 g/mol. The first-order valence-electron chi connectivity index (χ1n) is 11.9. The van der Waals surface area contributed by atoms with Crippen LogP contribution < -0.4 is 22.1 Å². The predicted molar refractivity (Wildman–Crippen MR) is 148 cm³/mol. The molecule has 0 spiro atoms. The molecule has 37 heavy (non-hydrogen) atoms. The standard InChI is InChI=1S/C28H33N5O3.ClH/c1-19(20-14-16-23(34)17-15-20)32-26(35)24(13-8-18-31-28(29)30)33-27(36)25(21-9-4-2-5-10-21)22-11-6-3-7-12-22;/h2-7,9-12,14-17,19,24-25,34H,8,13,18H2,1H3,(H,32,35)(H,33,36)(H4,29,30,31);1H/t19-,24-;/m1./s1. The van der Waals surface area contributed by atoms with Gasteiger partial charge in [-0.1, -0.05) is 72.8 Å². The number of guanidine groups is 1. The summed E-state index contributed by atoms with van der Waals surface area (Å²) in [6.07, 6.45) is 0.859. The first-order valence-corrected chi connectivity index (χ1v) is 11.9. The lowest BCUT2D eigenvalue weighted by molar-refractivity contribution is -0.129. The summed E-state index contributed by atoms with van der Waals surface area (Å²) in [6, 6.07) is 24.4. The lowest BCUT2D eigenvalue weighted by atomic mass is 9.90. The summed E-state index contributed by atoms with van der Waals surface area (Å²) >= 11 is 0. The third kappa shape index (κ3) is 8.84. The van der Waals surface area contributed by atoms with Crippen LogP contribution in [-0.4, -0.2) is 35.5 Å². The largest absolute Gasteiger partial charge is 0.508 e. The van der Waals surface area contributed by atoms with E-state index in [1.165, 1.54) is 0 Å². The van der Waals surface area contributed by atoms with Gasteiger partial charge < -0.3 is 27.2 Å². The molecule has 0 bridgehead atoms. The molecular formula is C28H34ClN5O3. The maximum atomic E-state index is 13.6. The number of rotatable bonds is 11. The average Bonchev–Trinajstić information content (AvgIpc) is 2.87. The third-order valence-electron chi connectivity index (χ3n) is 5.86. The quantitative estimate of drug-likeness (QED) is 0.149. The Labute approximate surface area is 223 Å². The highest BCUT2D eigenvalue weighted by Gasteiger charge is 2.28. The van der Waals surface area contributed by atoms with Gasteiger partial charge in [0.05, 0.1) is 12.0 Å². The minimum absolute atomic E-state index is 0. The van der Waals surface area contributed by atoms with Crippen molar-refractivity contribution >= 4 is 30.2 Å². The smallest absolute Gasteiger partial charge is 0.243 e. The van der Waals surface area contributed by atoms with Crippen LogP contribution in [0.4, 0.5) is 0 Å². The zero-order valence-electron chi connectivity index (χ0n) is 20.7. The highest BCUT2D eigenvalue weighted by molar-refractivity contribution is 5.92. The third-order valence-corrected chi connectivity index (χ3v) is 5.86. The number of halogens is 1. The monoisotopic (exact) mass is 523 g/mol. The first kappa shape index (κ1) is 29.2. The van der Waals surface area contributed by atoms with E-state index in [9.17, 15) is 14.7 Å². The summed E-state index contributed by atoms with van der Waals surface area (Å²) in [4.78, 5) is 30.9. The van der Waals surface area contributed by atoms with Crippen LogP contribution in [-0.2, 0) is 9.59 Å². The number of aromatic hydroxyl groups is 1. The molecule has 0 unspecified atom stereocenters. The molecule has 0 radical (unpaired) electrons. The van der Waals surface area contributed by atoms with Crippen molar-refractivity contribution in [2.24, 2.45) is 16.5 Å². The topological polar surface area (TPSA) is 143 Å². The zero-order valence-corrected chi connectivity index (χ0v) is 21.5. The SMILES string of the molecule is C[C@@H](NC(=O)[C@@H](CCCN=C(N)N)NC(=O)C(c1ccccc1)c1ccccc1)c1ccc(O)cc1.Cl. The van der Waals surface area contributed by atoms with Gasteiger partial charge in [-0.3, -0.25) is 14.6 Å². The van der Waals surface area contributed by atoms with Crippen molar-refractivity contribution in [2.45, 2.75) is 37.8 Å². The molecule has 0 fully saturated rings. The lowest BCUT2D eigenvalue weighted by Crippen LogP contribution is -2.48. The van der Waals surface area contributed by atoms with E-state index in [1.807, 2.05) is 67.6 Å². The van der Waals surface area contributed by atoms with Crippen LogP contribution in [0.3, 0.4) is 0 Å². The van der Waals surface area contributed by atoms with Crippen LogP contribution in [0, 0.1) is 0 Å². The summed E-state index contributed by atoms with van der Waals surface area (Å²) in [5.74, 6) is -1.03. The molecule has 8 nitrogen and oxygen atoms in total. The van der Waals surface area contributed by atoms with E-state index in [-0.39, 0.29) is 42.0 Å². The van der Waals surface area contributed by atoms with Crippen molar-refractivity contribution in [1.29, 1.82) is 0 Å². The van der Waals surface area contributed by atoms with Crippen LogP contribution >= 0.6 is 12.4 Å². The van der Waals surface area contributed by atoms with Crippen LogP contribution in [0.1, 0.15) is 48.4 Å². The second kappa shape index (κ2) is 14.5. The van der Waals surface area contributed by atoms with Gasteiger partial charge in [0.25, 0.3) is 0 Å². The number of hydrogen-bond acceptors (Lipinski definition) is 4. The second-order valence-electron chi connectivity index (χ2n) is 8.59. The normalized spacial score (nSPS) is 12.1. The molecule has 0 aromatic heterocycles. The van der Waals surface area contributed by atoms with Crippen molar-refractivity contribution < 1.29 is 14.7 Å². The molecule has 0 saturated heterocycles. The molecule has 0 aliphatic rings. The van der Waals surface area contributed by atoms with E-state index < -0.39 is 12.0 Å². The minimum atomic E-state index is -0.791. The van der Waals surface area contributed by atoms with Gasteiger partial charge in [0, 0.05) is 6.54 Å². The number of amides is 2. The predicted octanol–water partition coefficient (Wildman–Crippen LogP) is 3.36. The van der Waals surface area contributed by atoms with Crippen LogP contribution in [0.25, 0.3) is 0 Å². The fraction of sp³-hybridized carbons (Fsp3) is 0.250. The molecule has 2 amide bonds. The Balaban J connectivity index is 0.00000481. The van der Waals surface area contributed by atoms with E-state index in [2.05, 4.69) is 15.6 Å². The Hall–Kier alpha value is -4.04. The molecule has 196 valence electrons. The van der Waals surface area contributed by atoms with Crippen molar-refractivity contribution in [1.82, 2.24) is 10.6 Å². The highest BCUT2D eigenvalue weighted by Crippen LogP contribution is 2.25.